The summed E-state index contributed by atoms with van der Waals surface area (Å²) in [5, 5.41) is 3.26. The van der Waals surface area contributed by atoms with Crippen molar-refractivity contribution in [3.63, 3.8) is 0 Å². The summed E-state index contributed by atoms with van der Waals surface area (Å²) >= 11 is 5.85. The van der Waals surface area contributed by atoms with E-state index < -0.39 is 16.1 Å². The second-order valence-corrected chi connectivity index (χ2v) is 9.52. The number of hydrogen-bond donors (Lipinski definition) is 1. The van der Waals surface area contributed by atoms with E-state index in [2.05, 4.69) is 11.4 Å². The van der Waals surface area contributed by atoms with Crippen LogP contribution in [0.1, 0.15) is 24.0 Å². The van der Waals surface area contributed by atoms with Crippen LogP contribution in [0.5, 0.6) is 5.75 Å². The number of ether oxygens (including phenoxy) is 1. The van der Waals surface area contributed by atoms with E-state index in [9.17, 15) is 13.2 Å². The van der Waals surface area contributed by atoms with Gasteiger partial charge in [-0.05, 0) is 74.2 Å². The van der Waals surface area contributed by atoms with Gasteiger partial charge in [-0.2, -0.15) is 4.31 Å². The predicted octanol–water partition coefficient (Wildman–Crippen LogP) is 3.31. The van der Waals surface area contributed by atoms with Gasteiger partial charge in [0.2, 0.25) is 15.9 Å². The number of aryl methyl sites for hydroxylation is 2. The fraction of sp³-hybridized carbons (Fsp3) is 0.381. The van der Waals surface area contributed by atoms with Gasteiger partial charge in [0.15, 0.2) is 0 Å². The zero-order valence-electron chi connectivity index (χ0n) is 16.5. The van der Waals surface area contributed by atoms with E-state index in [4.69, 9.17) is 16.3 Å². The quantitative estimate of drug-likeness (QED) is 0.675. The first-order valence-electron chi connectivity index (χ1n) is 9.53. The van der Waals surface area contributed by atoms with Crippen molar-refractivity contribution in [2.45, 2.75) is 37.6 Å². The number of halogens is 1. The maximum atomic E-state index is 12.9. The van der Waals surface area contributed by atoms with Crippen LogP contribution in [-0.4, -0.2) is 44.4 Å². The average Bonchev–Trinajstić information content (AvgIpc) is 3.15. The number of sulfonamides is 1. The topological polar surface area (TPSA) is 75.7 Å². The minimum absolute atomic E-state index is 0.139. The Kier molecular flexibility index (Phi) is 6.82. The Labute approximate surface area is 176 Å². The monoisotopic (exact) mass is 436 g/mol. The summed E-state index contributed by atoms with van der Waals surface area (Å²) in [6.07, 6.45) is 1.14. The van der Waals surface area contributed by atoms with Gasteiger partial charge in [0.05, 0.1) is 11.4 Å². The van der Waals surface area contributed by atoms with Crippen LogP contribution >= 0.6 is 11.6 Å². The Morgan fingerprint density at radius 2 is 1.83 bits per heavy atom. The summed E-state index contributed by atoms with van der Waals surface area (Å²) in [5.41, 5.74) is 2.22. The largest absolute Gasteiger partial charge is 0.492 e. The van der Waals surface area contributed by atoms with Crippen LogP contribution in [0.4, 0.5) is 0 Å². The smallest absolute Gasteiger partial charge is 0.243 e. The van der Waals surface area contributed by atoms with Crippen LogP contribution in [0, 0.1) is 13.8 Å². The summed E-state index contributed by atoms with van der Waals surface area (Å²) in [6, 6.07) is 11.2. The van der Waals surface area contributed by atoms with E-state index in [0.29, 0.717) is 37.6 Å². The third-order valence-electron chi connectivity index (χ3n) is 4.79. The van der Waals surface area contributed by atoms with Crippen molar-refractivity contribution in [2.24, 2.45) is 0 Å². The molecular formula is C21H25ClN2O4S. The van der Waals surface area contributed by atoms with E-state index in [0.717, 1.165) is 16.9 Å². The fourth-order valence-electron chi connectivity index (χ4n) is 3.51. The Morgan fingerprint density at radius 3 is 2.48 bits per heavy atom. The highest BCUT2D eigenvalue weighted by Gasteiger charge is 2.39. The fourth-order valence-corrected chi connectivity index (χ4v) is 5.29. The molecule has 1 N–H and O–H groups in total. The van der Waals surface area contributed by atoms with E-state index in [1.807, 2.05) is 26.0 Å². The number of amides is 1. The van der Waals surface area contributed by atoms with Crippen LogP contribution in [0.2, 0.25) is 5.02 Å². The lowest BCUT2D eigenvalue weighted by Gasteiger charge is -2.23. The van der Waals surface area contributed by atoms with E-state index in [-0.39, 0.29) is 10.8 Å². The molecule has 0 radical (unpaired) electrons. The summed E-state index contributed by atoms with van der Waals surface area (Å²) in [7, 11) is -3.75. The lowest BCUT2D eigenvalue weighted by molar-refractivity contribution is -0.124. The molecule has 0 spiro atoms. The molecule has 0 aromatic heterocycles. The van der Waals surface area contributed by atoms with Gasteiger partial charge in [0.25, 0.3) is 0 Å². The van der Waals surface area contributed by atoms with Crippen molar-refractivity contribution in [1.82, 2.24) is 9.62 Å². The van der Waals surface area contributed by atoms with Crippen LogP contribution in [0.3, 0.4) is 0 Å². The second kappa shape index (κ2) is 9.15. The molecule has 1 aliphatic heterocycles. The van der Waals surface area contributed by atoms with Crippen molar-refractivity contribution in [3.8, 4) is 5.75 Å². The number of nitrogens with one attached hydrogen (secondary N) is 1. The Morgan fingerprint density at radius 1 is 1.17 bits per heavy atom. The van der Waals surface area contributed by atoms with Crippen LogP contribution in [0.15, 0.2) is 47.4 Å². The predicted molar refractivity (Wildman–Crippen MR) is 113 cm³/mol. The van der Waals surface area contributed by atoms with Crippen LogP contribution in [-0.2, 0) is 14.8 Å². The molecular weight excluding hydrogens is 412 g/mol. The van der Waals surface area contributed by atoms with E-state index in [1.54, 1.807) is 0 Å². The zero-order valence-corrected chi connectivity index (χ0v) is 18.1. The second-order valence-electron chi connectivity index (χ2n) is 7.19. The number of carbonyl (C=O) groups excluding carboxylic acids is 1. The molecule has 0 aliphatic carbocycles. The van der Waals surface area contributed by atoms with Crippen molar-refractivity contribution < 1.29 is 17.9 Å². The molecule has 2 aromatic carbocycles. The van der Waals surface area contributed by atoms with Gasteiger partial charge in [0.1, 0.15) is 18.4 Å². The normalized spacial score (nSPS) is 17.3. The first-order valence-corrected chi connectivity index (χ1v) is 11.4. The number of nitrogens with zero attached hydrogens (tertiary/aromatic N) is 1. The van der Waals surface area contributed by atoms with Crippen molar-refractivity contribution in [1.29, 1.82) is 0 Å². The molecule has 0 bridgehead atoms. The van der Waals surface area contributed by atoms with Gasteiger partial charge in [0, 0.05) is 11.6 Å². The highest BCUT2D eigenvalue weighted by molar-refractivity contribution is 7.89. The van der Waals surface area contributed by atoms with Gasteiger partial charge in [-0.1, -0.05) is 17.7 Å². The van der Waals surface area contributed by atoms with Crippen LogP contribution in [0.25, 0.3) is 0 Å². The molecule has 2 aromatic rings. The summed E-state index contributed by atoms with van der Waals surface area (Å²) < 4.78 is 32.8. The van der Waals surface area contributed by atoms with Crippen molar-refractivity contribution >= 4 is 27.5 Å². The Hall–Kier alpha value is -2.09. The number of rotatable bonds is 7. The summed E-state index contributed by atoms with van der Waals surface area (Å²) in [5.74, 6) is 0.452. The van der Waals surface area contributed by atoms with Crippen molar-refractivity contribution in [3.05, 3.63) is 58.6 Å². The Bertz CT molecular complexity index is 956. The molecule has 1 atom stereocenters. The molecule has 156 valence electrons. The van der Waals surface area contributed by atoms with Gasteiger partial charge >= 0.3 is 0 Å². The van der Waals surface area contributed by atoms with Gasteiger partial charge in [-0.15, -0.1) is 0 Å². The lowest BCUT2D eigenvalue weighted by atomic mass is 10.1. The lowest BCUT2D eigenvalue weighted by Crippen LogP contribution is -2.46. The number of hydrogen-bond acceptors (Lipinski definition) is 4. The molecule has 0 unspecified atom stereocenters. The molecule has 1 fully saturated rings. The molecule has 8 heteroatoms. The molecule has 6 nitrogen and oxygen atoms in total. The van der Waals surface area contributed by atoms with Crippen molar-refractivity contribution in [2.75, 3.05) is 19.7 Å². The molecule has 0 saturated carbocycles. The summed E-state index contributed by atoms with van der Waals surface area (Å²) in [6.45, 7) is 4.93. The first kappa shape index (κ1) is 21.6. The standard InChI is InChI=1S/C21H25ClN2O4S/c1-15-12-16(2)14-18(13-15)28-11-9-23-21(25)20-4-3-10-24(20)29(26,27)19-7-5-17(22)6-8-19/h5-8,12-14,20H,3-4,9-11H2,1-2H3,(H,23,25)/t20-/m1/s1. The van der Waals surface area contributed by atoms with Crippen LogP contribution < -0.4 is 10.1 Å². The third-order valence-corrected chi connectivity index (χ3v) is 6.97. The molecule has 1 amide bonds. The average molecular weight is 437 g/mol. The molecule has 1 aliphatic rings. The molecule has 1 heterocycles. The Balaban J connectivity index is 1.57. The van der Waals surface area contributed by atoms with Gasteiger partial charge in [-0.3, -0.25) is 4.79 Å². The zero-order chi connectivity index (χ0) is 21.0. The number of benzene rings is 2. The number of carbonyl (C=O) groups is 1. The van der Waals surface area contributed by atoms with E-state index >= 15 is 0 Å². The highest BCUT2D eigenvalue weighted by Crippen LogP contribution is 2.27. The SMILES string of the molecule is Cc1cc(C)cc(OCCNC(=O)[C@H]2CCCN2S(=O)(=O)c2ccc(Cl)cc2)c1. The summed E-state index contributed by atoms with van der Waals surface area (Å²) in [4.78, 5) is 12.8. The molecule has 29 heavy (non-hydrogen) atoms. The maximum absolute atomic E-state index is 12.9. The highest BCUT2D eigenvalue weighted by atomic mass is 35.5. The van der Waals surface area contributed by atoms with E-state index in [1.165, 1.54) is 28.6 Å². The molecule has 3 rings (SSSR count). The minimum atomic E-state index is -3.75. The maximum Gasteiger partial charge on any atom is 0.243 e. The first-order chi connectivity index (χ1) is 13.8. The minimum Gasteiger partial charge on any atom is -0.492 e. The molecule has 1 saturated heterocycles. The van der Waals surface area contributed by atoms with Gasteiger partial charge in [-0.25, -0.2) is 8.42 Å². The third kappa shape index (κ3) is 5.29. The van der Waals surface area contributed by atoms with Gasteiger partial charge < -0.3 is 10.1 Å².